The van der Waals surface area contributed by atoms with E-state index in [-0.39, 0.29) is 24.3 Å². The molecule has 1 unspecified atom stereocenters. The van der Waals surface area contributed by atoms with Crippen molar-refractivity contribution < 1.29 is 23.9 Å². The van der Waals surface area contributed by atoms with E-state index >= 15 is 0 Å². The summed E-state index contributed by atoms with van der Waals surface area (Å²) < 4.78 is 11.7. The lowest BCUT2D eigenvalue weighted by molar-refractivity contribution is -0.122. The van der Waals surface area contributed by atoms with Crippen LogP contribution >= 0.6 is 27.3 Å². The Labute approximate surface area is 198 Å². The number of rotatable bonds is 5. The molecule has 0 radical (unpaired) electrons. The van der Waals surface area contributed by atoms with Crippen LogP contribution in [0.25, 0.3) is 0 Å². The Balaban J connectivity index is 1.49. The molecule has 3 amide bonds. The van der Waals surface area contributed by atoms with Crippen LogP contribution in [0.1, 0.15) is 28.1 Å². The van der Waals surface area contributed by atoms with E-state index < -0.39 is 5.54 Å². The fourth-order valence-electron chi connectivity index (χ4n) is 3.83. The van der Waals surface area contributed by atoms with Crippen LogP contribution in [0, 0.1) is 6.92 Å². The van der Waals surface area contributed by atoms with E-state index in [4.69, 9.17) is 9.47 Å². The Morgan fingerprint density at radius 3 is 2.69 bits per heavy atom. The van der Waals surface area contributed by atoms with Gasteiger partial charge in [0.2, 0.25) is 5.91 Å². The normalized spacial score (nSPS) is 21.3. The number of thiophene rings is 1. The monoisotopic (exact) mass is 521 g/mol. The van der Waals surface area contributed by atoms with Gasteiger partial charge in [-0.1, -0.05) is 0 Å². The average molecular weight is 522 g/mol. The van der Waals surface area contributed by atoms with Gasteiger partial charge in [0.1, 0.15) is 5.54 Å². The number of carbonyl (C=O) groups is 3. The first kappa shape index (κ1) is 22.9. The Bertz CT molecular complexity index is 1030. The van der Waals surface area contributed by atoms with E-state index in [9.17, 15) is 14.4 Å². The Morgan fingerprint density at radius 2 is 2.00 bits per heavy atom. The van der Waals surface area contributed by atoms with Crippen LogP contribution in [0.3, 0.4) is 0 Å². The van der Waals surface area contributed by atoms with Crippen LogP contribution in [-0.4, -0.2) is 56.2 Å². The summed E-state index contributed by atoms with van der Waals surface area (Å²) in [5.74, 6) is -0.618. The molecule has 2 aliphatic rings. The van der Waals surface area contributed by atoms with Crippen molar-refractivity contribution in [1.82, 2.24) is 5.32 Å². The Morgan fingerprint density at radius 1 is 1.16 bits per heavy atom. The molecular formula is C22H24BrN3O5S. The first-order chi connectivity index (χ1) is 15.4. The van der Waals surface area contributed by atoms with Gasteiger partial charge in [0.15, 0.2) is 0 Å². The maximum absolute atomic E-state index is 13.2. The first-order valence-corrected chi connectivity index (χ1v) is 11.9. The van der Waals surface area contributed by atoms with Gasteiger partial charge in [-0.25, -0.2) is 0 Å². The maximum atomic E-state index is 13.2. The summed E-state index contributed by atoms with van der Waals surface area (Å²) in [5, 5.41) is 5.79. The largest absolute Gasteiger partial charge is 0.379 e. The van der Waals surface area contributed by atoms with Crippen molar-refractivity contribution in [2.75, 3.05) is 43.2 Å². The predicted octanol–water partition coefficient (Wildman–Crippen LogP) is 3.10. The molecule has 8 nitrogen and oxygen atoms in total. The highest BCUT2D eigenvalue weighted by molar-refractivity contribution is 9.11. The topological polar surface area (TPSA) is 97.0 Å². The van der Waals surface area contributed by atoms with Gasteiger partial charge in [-0.15, -0.1) is 11.3 Å². The van der Waals surface area contributed by atoms with Crippen molar-refractivity contribution in [2.24, 2.45) is 0 Å². The van der Waals surface area contributed by atoms with Crippen LogP contribution in [0.15, 0.2) is 34.1 Å². The molecule has 32 heavy (non-hydrogen) atoms. The molecule has 2 aliphatic heterocycles. The van der Waals surface area contributed by atoms with Gasteiger partial charge in [-0.2, -0.15) is 0 Å². The zero-order valence-corrected chi connectivity index (χ0v) is 20.0. The number of anilines is 2. The minimum atomic E-state index is -1.14. The summed E-state index contributed by atoms with van der Waals surface area (Å²) in [5.41, 5.74) is 1.11. The van der Waals surface area contributed by atoms with Gasteiger partial charge >= 0.3 is 0 Å². The molecular weight excluding hydrogens is 498 g/mol. The molecule has 170 valence electrons. The minimum absolute atomic E-state index is 0.0207. The molecule has 0 saturated carbocycles. The SMILES string of the molecule is Cc1cc(NC(=O)C2(NC(=O)c3ccc(Br)s3)CCOC2)ccc1N1CCOCCC1=O. The molecule has 1 aromatic heterocycles. The lowest BCUT2D eigenvalue weighted by atomic mass is 9.96. The average Bonchev–Trinajstić information content (AvgIpc) is 3.36. The highest BCUT2D eigenvalue weighted by Gasteiger charge is 2.44. The van der Waals surface area contributed by atoms with Gasteiger partial charge in [0, 0.05) is 30.9 Å². The van der Waals surface area contributed by atoms with Crippen molar-refractivity contribution in [3.63, 3.8) is 0 Å². The second-order valence-electron chi connectivity index (χ2n) is 7.81. The molecule has 2 aromatic rings. The molecule has 4 rings (SSSR count). The summed E-state index contributed by atoms with van der Waals surface area (Å²) in [6.07, 6.45) is 0.734. The number of carbonyl (C=O) groups excluding carboxylic acids is 3. The van der Waals surface area contributed by atoms with Crippen LogP contribution in [0.2, 0.25) is 0 Å². The summed E-state index contributed by atoms with van der Waals surface area (Å²) in [4.78, 5) is 40.5. The molecule has 1 atom stereocenters. The minimum Gasteiger partial charge on any atom is -0.379 e. The van der Waals surface area contributed by atoms with Crippen LogP contribution < -0.4 is 15.5 Å². The Hall–Kier alpha value is -2.27. The highest BCUT2D eigenvalue weighted by atomic mass is 79.9. The quantitative estimate of drug-likeness (QED) is 0.629. The summed E-state index contributed by atoms with van der Waals surface area (Å²) in [6, 6.07) is 8.93. The molecule has 0 bridgehead atoms. The van der Waals surface area contributed by atoms with E-state index in [1.54, 1.807) is 23.1 Å². The molecule has 3 heterocycles. The molecule has 2 N–H and O–H groups in total. The van der Waals surface area contributed by atoms with Crippen molar-refractivity contribution in [1.29, 1.82) is 0 Å². The lowest BCUT2D eigenvalue weighted by Crippen LogP contribution is -2.57. The van der Waals surface area contributed by atoms with Gasteiger partial charge in [0.25, 0.3) is 11.8 Å². The zero-order chi connectivity index (χ0) is 22.7. The number of hydrogen-bond acceptors (Lipinski definition) is 6. The van der Waals surface area contributed by atoms with Crippen molar-refractivity contribution in [3.8, 4) is 0 Å². The van der Waals surface area contributed by atoms with E-state index in [0.29, 0.717) is 49.8 Å². The van der Waals surface area contributed by atoms with Gasteiger partial charge < -0.3 is 25.0 Å². The summed E-state index contributed by atoms with van der Waals surface area (Å²) >= 11 is 4.66. The van der Waals surface area contributed by atoms with Crippen molar-refractivity contribution in [3.05, 3.63) is 44.6 Å². The fourth-order valence-corrected chi connectivity index (χ4v) is 5.11. The van der Waals surface area contributed by atoms with Crippen molar-refractivity contribution in [2.45, 2.75) is 25.3 Å². The second kappa shape index (κ2) is 9.70. The third-order valence-corrected chi connectivity index (χ3v) is 7.19. The molecule has 10 heteroatoms. The van der Waals surface area contributed by atoms with Crippen LogP contribution in [0.4, 0.5) is 11.4 Å². The number of benzene rings is 1. The second-order valence-corrected chi connectivity index (χ2v) is 10.3. The smallest absolute Gasteiger partial charge is 0.262 e. The number of ether oxygens (including phenoxy) is 2. The summed E-state index contributed by atoms with van der Waals surface area (Å²) in [6.45, 7) is 3.81. The zero-order valence-electron chi connectivity index (χ0n) is 17.6. The number of hydrogen-bond donors (Lipinski definition) is 2. The standard InChI is InChI=1S/C22H24BrN3O5S/c1-14-12-15(2-3-16(14)26-8-11-30-9-6-19(26)27)24-21(29)22(7-10-31-13-22)25-20(28)17-4-5-18(23)32-17/h2-5,12H,6-11,13H2,1H3,(H,24,29)(H,25,28). The van der Waals surface area contributed by atoms with Crippen LogP contribution in [-0.2, 0) is 19.1 Å². The van der Waals surface area contributed by atoms with Crippen molar-refractivity contribution >= 4 is 56.4 Å². The van der Waals surface area contributed by atoms with E-state index in [2.05, 4.69) is 26.6 Å². The highest BCUT2D eigenvalue weighted by Crippen LogP contribution is 2.28. The number of halogens is 1. The molecule has 1 aromatic carbocycles. The molecule has 2 saturated heterocycles. The molecule has 0 spiro atoms. The lowest BCUT2D eigenvalue weighted by Gasteiger charge is -2.28. The van der Waals surface area contributed by atoms with Crippen LogP contribution in [0.5, 0.6) is 0 Å². The fraction of sp³-hybridized carbons (Fsp3) is 0.409. The number of amides is 3. The first-order valence-electron chi connectivity index (χ1n) is 10.3. The van der Waals surface area contributed by atoms with Gasteiger partial charge in [-0.3, -0.25) is 14.4 Å². The van der Waals surface area contributed by atoms with E-state index in [1.165, 1.54) is 11.3 Å². The molecule has 0 aliphatic carbocycles. The summed E-state index contributed by atoms with van der Waals surface area (Å²) in [7, 11) is 0. The maximum Gasteiger partial charge on any atom is 0.262 e. The van der Waals surface area contributed by atoms with Gasteiger partial charge in [0.05, 0.1) is 34.9 Å². The number of nitrogens with one attached hydrogen (secondary N) is 2. The predicted molar refractivity (Wildman–Crippen MR) is 125 cm³/mol. The third kappa shape index (κ3) is 4.88. The molecule has 2 fully saturated rings. The number of nitrogens with zero attached hydrogens (tertiary/aromatic N) is 1. The van der Waals surface area contributed by atoms with E-state index in [1.807, 2.05) is 19.1 Å². The van der Waals surface area contributed by atoms with E-state index in [0.717, 1.165) is 15.0 Å². The number of aryl methyl sites for hydroxylation is 1. The third-order valence-electron chi connectivity index (χ3n) is 5.57. The van der Waals surface area contributed by atoms with Gasteiger partial charge in [-0.05, 0) is 58.7 Å². The Kier molecular flexibility index (Phi) is 6.94.